The van der Waals surface area contributed by atoms with Crippen molar-refractivity contribution in [3.63, 3.8) is 0 Å². The van der Waals surface area contributed by atoms with Crippen molar-refractivity contribution in [2.24, 2.45) is 0 Å². The topological polar surface area (TPSA) is 70.3 Å². The number of hydrogen-bond acceptors (Lipinski definition) is 3. The lowest BCUT2D eigenvalue weighted by atomic mass is 10.0. The van der Waals surface area contributed by atoms with E-state index < -0.39 is 0 Å². The van der Waals surface area contributed by atoms with E-state index in [0.717, 1.165) is 60.7 Å². The van der Waals surface area contributed by atoms with Crippen LogP contribution in [0.3, 0.4) is 0 Å². The molecule has 0 unspecified atom stereocenters. The summed E-state index contributed by atoms with van der Waals surface area (Å²) in [6, 6.07) is 43.5. The van der Waals surface area contributed by atoms with Crippen molar-refractivity contribution in [2.75, 3.05) is 0 Å². The van der Waals surface area contributed by atoms with Crippen LogP contribution >= 0.6 is 0 Å². The SMILES string of the molecule is N#Cc1cc(-c2cccc(-n3c4ccccc4c4ccncc43)c2)cc(-n2c3ccccc3c3cc(C#N)ccc32)c1. The van der Waals surface area contributed by atoms with Gasteiger partial charge in [0.25, 0.3) is 0 Å². The fourth-order valence-corrected chi connectivity index (χ4v) is 6.21. The van der Waals surface area contributed by atoms with Crippen molar-refractivity contribution in [1.29, 1.82) is 10.5 Å². The molecule has 42 heavy (non-hydrogen) atoms. The zero-order valence-corrected chi connectivity index (χ0v) is 22.4. The molecular formula is C37H21N5. The second-order valence-corrected chi connectivity index (χ2v) is 10.4. The summed E-state index contributed by atoms with van der Waals surface area (Å²) in [5.74, 6) is 0. The Morgan fingerprint density at radius 3 is 1.93 bits per heavy atom. The third-order valence-corrected chi connectivity index (χ3v) is 8.02. The Kier molecular flexibility index (Phi) is 5.19. The molecule has 194 valence electrons. The molecule has 0 aliphatic rings. The van der Waals surface area contributed by atoms with Gasteiger partial charge in [-0.25, -0.2) is 0 Å². The fraction of sp³-hybridized carbons (Fsp3) is 0. The average molecular weight is 536 g/mol. The molecule has 5 heteroatoms. The summed E-state index contributed by atoms with van der Waals surface area (Å²) in [5, 5.41) is 24.0. The van der Waals surface area contributed by atoms with Gasteiger partial charge in [0, 0.05) is 39.1 Å². The molecule has 0 fully saturated rings. The molecule has 8 rings (SSSR count). The number of hydrogen-bond donors (Lipinski definition) is 0. The first-order chi connectivity index (χ1) is 20.7. The van der Waals surface area contributed by atoms with E-state index in [2.05, 4.69) is 99.1 Å². The van der Waals surface area contributed by atoms with Crippen molar-refractivity contribution in [1.82, 2.24) is 14.1 Å². The zero-order valence-electron chi connectivity index (χ0n) is 22.4. The molecule has 0 atom stereocenters. The number of nitrogens with zero attached hydrogens (tertiary/aromatic N) is 5. The van der Waals surface area contributed by atoms with E-state index >= 15 is 0 Å². The van der Waals surface area contributed by atoms with Crippen LogP contribution in [0.15, 0.2) is 128 Å². The van der Waals surface area contributed by atoms with Gasteiger partial charge in [0.05, 0.1) is 51.5 Å². The molecule has 0 N–H and O–H groups in total. The molecule has 0 spiro atoms. The number of nitriles is 2. The van der Waals surface area contributed by atoms with Gasteiger partial charge in [-0.1, -0.05) is 48.5 Å². The number of pyridine rings is 1. The third-order valence-electron chi connectivity index (χ3n) is 8.02. The van der Waals surface area contributed by atoms with Gasteiger partial charge in [0.1, 0.15) is 0 Å². The minimum atomic E-state index is 0.577. The van der Waals surface area contributed by atoms with Gasteiger partial charge < -0.3 is 9.13 Å². The minimum absolute atomic E-state index is 0.577. The predicted molar refractivity (Wildman–Crippen MR) is 168 cm³/mol. The second kappa shape index (κ2) is 9.20. The van der Waals surface area contributed by atoms with Crippen LogP contribution in [-0.4, -0.2) is 14.1 Å². The molecule has 0 saturated heterocycles. The largest absolute Gasteiger partial charge is 0.309 e. The van der Waals surface area contributed by atoms with Gasteiger partial charge in [0.15, 0.2) is 0 Å². The molecule has 0 amide bonds. The Hall–Kier alpha value is -6.17. The van der Waals surface area contributed by atoms with Crippen LogP contribution in [0.1, 0.15) is 11.1 Å². The van der Waals surface area contributed by atoms with Gasteiger partial charge in [-0.15, -0.1) is 0 Å². The van der Waals surface area contributed by atoms with Gasteiger partial charge in [-0.2, -0.15) is 10.5 Å². The molecule has 5 aromatic carbocycles. The average Bonchev–Trinajstić information content (AvgIpc) is 3.57. The Balaban J connectivity index is 1.35. The standard InChI is InChI=1S/C37H21N5/c38-21-24-12-13-36-33(18-24)31-9-2-4-11-35(31)42(36)29-17-25(22-39)16-27(20-29)26-6-5-7-28(19-26)41-34-10-3-1-8-30(34)32-14-15-40-23-37(32)41/h1-20,23H. The number of fused-ring (bicyclic) bond motifs is 6. The van der Waals surface area contributed by atoms with E-state index in [0.29, 0.717) is 11.1 Å². The summed E-state index contributed by atoms with van der Waals surface area (Å²) in [7, 11) is 0. The summed E-state index contributed by atoms with van der Waals surface area (Å²) in [4.78, 5) is 4.42. The lowest BCUT2D eigenvalue weighted by Gasteiger charge is -2.13. The van der Waals surface area contributed by atoms with E-state index in [1.165, 1.54) is 5.39 Å². The van der Waals surface area contributed by atoms with Crippen LogP contribution in [0.25, 0.3) is 66.1 Å². The molecule has 0 saturated carbocycles. The molecule has 0 bridgehead atoms. The molecule has 0 aliphatic carbocycles. The molecule has 3 heterocycles. The van der Waals surface area contributed by atoms with Crippen LogP contribution < -0.4 is 0 Å². The lowest BCUT2D eigenvalue weighted by Crippen LogP contribution is -1.97. The Labute approximate surface area is 241 Å². The van der Waals surface area contributed by atoms with E-state index in [4.69, 9.17) is 0 Å². The van der Waals surface area contributed by atoms with Crippen molar-refractivity contribution in [3.8, 4) is 34.6 Å². The van der Waals surface area contributed by atoms with Gasteiger partial charge in [0.2, 0.25) is 0 Å². The molecule has 5 nitrogen and oxygen atoms in total. The highest BCUT2D eigenvalue weighted by atomic mass is 15.0. The summed E-state index contributed by atoms with van der Waals surface area (Å²) in [5.41, 5.74) is 9.25. The first kappa shape index (κ1) is 23.7. The minimum Gasteiger partial charge on any atom is -0.309 e. The smallest absolute Gasteiger partial charge is 0.0992 e. The highest BCUT2D eigenvalue weighted by Crippen LogP contribution is 2.36. The van der Waals surface area contributed by atoms with Crippen LogP contribution in [-0.2, 0) is 0 Å². The van der Waals surface area contributed by atoms with E-state index in [-0.39, 0.29) is 0 Å². The number of para-hydroxylation sites is 2. The van der Waals surface area contributed by atoms with E-state index in [9.17, 15) is 10.5 Å². The maximum Gasteiger partial charge on any atom is 0.0992 e. The zero-order chi connectivity index (χ0) is 28.2. The number of benzene rings is 5. The number of aromatic nitrogens is 3. The summed E-state index contributed by atoms with van der Waals surface area (Å²) in [6.07, 6.45) is 3.75. The Morgan fingerprint density at radius 1 is 0.476 bits per heavy atom. The van der Waals surface area contributed by atoms with E-state index in [1.54, 1.807) is 0 Å². The summed E-state index contributed by atoms with van der Waals surface area (Å²) >= 11 is 0. The lowest BCUT2D eigenvalue weighted by molar-refractivity contribution is 1.16. The van der Waals surface area contributed by atoms with Crippen LogP contribution in [0.5, 0.6) is 0 Å². The van der Waals surface area contributed by atoms with E-state index in [1.807, 2.05) is 54.9 Å². The van der Waals surface area contributed by atoms with Crippen LogP contribution in [0.4, 0.5) is 0 Å². The maximum absolute atomic E-state index is 10.1. The van der Waals surface area contributed by atoms with Gasteiger partial charge >= 0.3 is 0 Å². The molecule has 3 aromatic heterocycles. The van der Waals surface area contributed by atoms with Crippen LogP contribution in [0, 0.1) is 22.7 Å². The van der Waals surface area contributed by atoms with Crippen LogP contribution in [0.2, 0.25) is 0 Å². The molecule has 8 aromatic rings. The fourth-order valence-electron chi connectivity index (χ4n) is 6.21. The maximum atomic E-state index is 10.1. The highest BCUT2D eigenvalue weighted by molar-refractivity contribution is 6.10. The van der Waals surface area contributed by atoms with Gasteiger partial charge in [-0.3, -0.25) is 4.98 Å². The molecular weight excluding hydrogens is 514 g/mol. The highest BCUT2D eigenvalue weighted by Gasteiger charge is 2.16. The summed E-state index contributed by atoms with van der Waals surface area (Å²) in [6.45, 7) is 0. The Morgan fingerprint density at radius 2 is 1.14 bits per heavy atom. The summed E-state index contributed by atoms with van der Waals surface area (Å²) < 4.78 is 4.43. The predicted octanol–water partition coefficient (Wildman–Crippen LogP) is 8.69. The third kappa shape index (κ3) is 3.52. The molecule has 0 radical (unpaired) electrons. The Bertz CT molecular complexity index is 2390. The van der Waals surface area contributed by atoms with Crippen molar-refractivity contribution in [3.05, 3.63) is 139 Å². The second-order valence-electron chi connectivity index (χ2n) is 10.4. The normalized spacial score (nSPS) is 11.3. The van der Waals surface area contributed by atoms with Gasteiger partial charge in [-0.05, 0) is 77.9 Å². The monoisotopic (exact) mass is 535 g/mol. The van der Waals surface area contributed by atoms with Crippen molar-refractivity contribution >= 4 is 43.6 Å². The first-order valence-electron chi connectivity index (χ1n) is 13.7. The first-order valence-corrected chi connectivity index (χ1v) is 13.7. The molecule has 0 aliphatic heterocycles. The number of rotatable bonds is 3. The quantitative estimate of drug-likeness (QED) is 0.227. The van der Waals surface area contributed by atoms with Crippen molar-refractivity contribution in [2.45, 2.75) is 0 Å². The van der Waals surface area contributed by atoms with Crippen molar-refractivity contribution < 1.29 is 0 Å².